The summed E-state index contributed by atoms with van der Waals surface area (Å²) in [6.07, 6.45) is 0. The van der Waals surface area contributed by atoms with E-state index in [9.17, 15) is 9.18 Å². The summed E-state index contributed by atoms with van der Waals surface area (Å²) in [5.74, 6) is -0.470. The molecule has 2 rings (SSSR count). The number of carbonyl (C=O) groups excluding carboxylic acids is 1. The highest BCUT2D eigenvalue weighted by molar-refractivity contribution is 6.31. The molecule has 2 N–H and O–H groups in total. The van der Waals surface area contributed by atoms with Crippen LogP contribution in [0, 0.1) is 5.82 Å². The first-order chi connectivity index (χ1) is 11.4. The van der Waals surface area contributed by atoms with Crippen LogP contribution in [0.5, 0.6) is 0 Å². The third kappa shape index (κ3) is 5.20. The van der Waals surface area contributed by atoms with E-state index >= 15 is 0 Å². The van der Waals surface area contributed by atoms with Gasteiger partial charge in [0.1, 0.15) is 12.4 Å². The number of hydrogen-bond acceptors (Lipinski definition) is 1. The third-order valence-electron chi connectivity index (χ3n) is 3.73. The minimum absolute atomic E-state index is 0.118. The SMILES string of the molecule is C[C@@H](NC(=O)C[NH+](C)Cc1c(F)cccc1Cl)c1cccc(Cl)c1. The lowest BCUT2D eigenvalue weighted by Gasteiger charge is -2.18. The second-order valence-corrected chi connectivity index (χ2v) is 6.70. The maximum atomic E-state index is 13.8. The Balaban J connectivity index is 1.92. The van der Waals surface area contributed by atoms with E-state index in [-0.39, 0.29) is 24.3 Å². The lowest BCUT2D eigenvalue weighted by molar-refractivity contribution is -0.885. The minimum Gasteiger partial charge on any atom is -0.345 e. The molecule has 2 atom stereocenters. The largest absolute Gasteiger partial charge is 0.345 e. The van der Waals surface area contributed by atoms with E-state index in [0.717, 1.165) is 10.5 Å². The van der Waals surface area contributed by atoms with Crippen LogP contribution in [-0.4, -0.2) is 19.5 Å². The van der Waals surface area contributed by atoms with E-state index in [0.29, 0.717) is 22.2 Å². The van der Waals surface area contributed by atoms with Crippen LogP contribution in [0.15, 0.2) is 42.5 Å². The topological polar surface area (TPSA) is 33.5 Å². The van der Waals surface area contributed by atoms with Crippen LogP contribution in [0.1, 0.15) is 24.1 Å². The van der Waals surface area contributed by atoms with Crippen molar-refractivity contribution in [1.29, 1.82) is 0 Å². The Morgan fingerprint density at radius 2 is 1.96 bits per heavy atom. The summed E-state index contributed by atoms with van der Waals surface area (Å²) in [4.78, 5) is 13.0. The molecule has 0 aromatic heterocycles. The molecule has 128 valence electrons. The van der Waals surface area contributed by atoms with Crippen LogP contribution < -0.4 is 10.2 Å². The molecule has 6 heteroatoms. The minimum atomic E-state index is -0.352. The Bertz CT molecular complexity index is 704. The summed E-state index contributed by atoms with van der Waals surface area (Å²) in [6, 6.07) is 11.8. The van der Waals surface area contributed by atoms with Crippen molar-refractivity contribution in [2.24, 2.45) is 0 Å². The first-order valence-electron chi connectivity index (χ1n) is 7.66. The molecule has 0 heterocycles. The number of rotatable bonds is 6. The Hall–Kier alpha value is -1.62. The Morgan fingerprint density at radius 1 is 1.25 bits per heavy atom. The van der Waals surface area contributed by atoms with Crippen molar-refractivity contribution in [1.82, 2.24) is 5.32 Å². The Labute approximate surface area is 151 Å². The number of quaternary nitrogens is 1. The van der Waals surface area contributed by atoms with Gasteiger partial charge in [-0.2, -0.15) is 0 Å². The standard InChI is InChI=1S/C18H19Cl2FN2O/c1-12(13-5-3-6-14(19)9-13)22-18(24)11-23(2)10-15-16(20)7-4-8-17(15)21/h3-9,12H,10-11H2,1-2H3,(H,22,24)/p+1/t12-/m1/s1. The summed E-state index contributed by atoms with van der Waals surface area (Å²) in [6.45, 7) is 2.45. The fourth-order valence-electron chi connectivity index (χ4n) is 2.49. The number of hydrogen-bond donors (Lipinski definition) is 2. The van der Waals surface area contributed by atoms with Gasteiger partial charge in [0, 0.05) is 5.02 Å². The van der Waals surface area contributed by atoms with Crippen molar-refractivity contribution in [2.75, 3.05) is 13.6 Å². The normalized spacial score (nSPS) is 13.4. The van der Waals surface area contributed by atoms with Gasteiger partial charge in [-0.1, -0.05) is 41.4 Å². The summed E-state index contributed by atoms with van der Waals surface area (Å²) < 4.78 is 13.8. The average molecular weight is 370 g/mol. The smallest absolute Gasteiger partial charge is 0.275 e. The van der Waals surface area contributed by atoms with Gasteiger partial charge in [-0.3, -0.25) is 4.79 Å². The molecule has 0 radical (unpaired) electrons. The van der Waals surface area contributed by atoms with Gasteiger partial charge >= 0.3 is 0 Å². The predicted octanol–water partition coefficient (Wildman–Crippen LogP) is 3.02. The predicted molar refractivity (Wildman–Crippen MR) is 94.9 cm³/mol. The second kappa shape index (κ2) is 8.47. The molecule has 0 aliphatic carbocycles. The maximum absolute atomic E-state index is 13.8. The quantitative estimate of drug-likeness (QED) is 0.805. The molecule has 0 bridgehead atoms. The number of amides is 1. The second-order valence-electron chi connectivity index (χ2n) is 5.86. The molecule has 0 spiro atoms. The molecule has 2 aromatic rings. The van der Waals surface area contributed by atoms with Gasteiger partial charge in [0.25, 0.3) is 5.91 Å². The zero-order valence-corrected chi connectivity index (χ0v) is 15.1. The molecular formula is C18H20Cl2FN2O+. The monoisotopic (exact) mass is 369 g/mol. The van der Waals surface area contributed by atoms with Gasteiger partial charge in [0.2, 0.25) is 0 Å². The summed E-state index contributed by atoms with van der Waals surface area (Å²) in [5, 5.41) is 3.93. The summed E-state index contributed by atoms with van der Waals surface area (Å²) >= 11 is 12.0. The van der Waals surface area contributed by atoms with Gasteiger partial charge in [0.05, 0.1) is 23.7 Å². The highest BCUT2D eigenvalue weighted by Gasteiger charge is 2.17. The number of likely N-dealkylation sites (N-methyl/N-ethyl adjacent to an activating group) is 1. The van der Waals surface area contributed by atoms with E-state index < -0.39 is 0 Å². The molecule has 0 aliphatic rings. The number of carbonyl (C=O) groups is 1. The van der Waals surface area contributed by atoms with Gasteiger partial charge in [0.15, 0.2) is 6.54 Å². The van der Waals surface area contributed by atoms with Crippen molar-refractivity contribution in [3.8, 4) is 0 Å². The van der Waals surface area contributed by atoms with Gasteiger partial charge in [-0.05, 0) is 36.8 Å². The lowest BCUT2D eigenvalue weighted by atomic mass is 10.1. The number of halogens is 3. The first-order valence-corrected chi connectivity index (χ1v) is 8.41. The van der Waals surface area contributed by atoms with Crippen molar-refractivity contribution in [3.05, 3.63) is 69.5 Å². The van der Waals surface area contributed by atoms with Gasteiger partial charge < -0.3 is 10.2 Å². The average Bonchev–Trinajstić information content (AvgIpc) is 2.51. The molecule has 2 aromatic carbocycles. The van der Waals surface area contributed by atoms with E-state index in [2.05, 4.69) is 5.32 Å². The highest BCUT2D eigenvalue weighted by Crippen LogP contribution is 2.18. The molecular weight excluding hydrogens is 350 g/mol. The lowest BCUT2D eigenvalue weighted by Crippen LogP contribution is -3.09. The van der Waals surface area contributed by atoms with E-state index in [4.69, 9.17) is 23.2 Å². The van der Waals surface area contributed by atoms with E-state index in [1.165, 1.54) is 6.07 Å². The van der Waals surface area contributed by atoms with Crippen LogP contribution in [0.4, 0.5) is 4.39 Å². The number of benzene rings is 2. The molecule has 0 saturated carbocycles. The molecule has 0 saturated heterocycles. The van der Waals surface area contributed by atoms with Crippen LogP contribution >= 0.6 is 23.2 Å². The maximum Gasteiger partial charge on any atom is 0.275 e. The molecule has 0 aliphatic heterocycles. The molecule has 24 heavy (non-hydrogen) atoms. The zero-order valence-electron chi connectivity index (χ0n) is 13.6. The first kappa shape index (κ1) is 18.7. The molecule has 3 nitrogen and oxygen atoms in total. The molecule has 1 amide bonds. The van der Waals surface area contributed by atoms with E-state index in [1.54, 1.807) is 18.2 Å². The van der Waals surface area contributed by atoms with Crippen LogP contribution in [0.3, 0.4) is 0 Å². The molecule has 0 fully saturated rings. The van der Waals surface area contributed by atoms with Crippen LogP contribution in [0.2, 0.25) is 10.0 Å². The van der Waals surface area contributed by atoms with Gasteiger partial charge in [-0.25, -0.2) is 4.39 Å². The highest BCUT2D eigenvalue weighted by atomic mass is 35.5. The van der Waals surface area contributed by atoms with Crippen molar-refractivity contribution in [2.45, 2.75) is 19.5 Å². The van der Waals surface area contributed by atoms with Crippen molar-refractivity contribution >= 4 is 29.1 Å². The molecule has 1 unspecified atom stereocenters. The Kier molecular flexibility index (Phi) is 6.60. The van der Waals surface area contributed by atoms with Crippen molar-refractivity contribution < 1.29 is 14.1 Å². The number of nitrogens with one attached hydrogen (secondary N) is 2. The van der Waals surface area contributed by atoms with Gasteiger partial charge in [-0.15, -0.1) is 0 Å². The summed E-state index contributed by atoms with van der Waals surface area (Å²) in [7, 11) is 1.83. The fraction of sp³-hybridized carbons (Fsp3) is 0.278. The summed E-state index contributed by atoms with van der Waals surface area (Å²) in [5.41, 5.74) is 1.36. The third-order valence-corrected chi connectivity index (χ3v) is 4.32. The van der Waals surface area contributed by atoms with Crippen molar-refractivity contribution in [3.63, 3.8) is 0 Å². The van der Waals surface area contributed by atoms with Crippen LogP contribution in [-0.2, 0) is 11.3 Å². The van der Waals surface area contributed by atoms with E-state index in [1.807, 2.05) is 32.2 Å². The van der Waals surface area contributed by atoms with Crippen LogP contribution in [0.25, 0.3) is 0 Å². The Morgan fingerprint density at radius 3 is 2.62 bits per heavy atom. The fourth-order valence-corrected chi connectivity index (χ4v) is 2.92. The zero-order chi connectivity index (χ0) is 17.7.